The number of para-hydroxylation sites is 1. The second-order valence-corrected chi connectivity index (χ2v) is 12.9. The van der Waals surface area contributed by atoms with Gasteiger partial charge in [0.2, 0.25) is 0 Å². The number of Topliss-reactive ketones (excluding diaryl/α,β-unsaturated/α-hetero) is 1. The first-order chi connectivity index (χ1) is 19.6. The highest BCUT2D eigenvalue weighted by atomic mass is 32.2. The summed E-state index contributed by atoms with van der Waals surface area (Å²) >= 11 is 0. The van der Waals surface area contributed by atoms with Crippen molar-refractivity contribution in [2.45, 2.75) is 44.0 Å². The SMILES string of the molecule is CC[C@H](C(=O)Cc1cccc2c(-c3nc(Cc4cccc(S(C)(=O)=O)c4F)ncc3C)c[nH]c12)N1CCN(C)CC1. The van der Waals surface area contributed by atoms with E-state index in [1.165, 1.54) is 12.1 Å². The summed E-state index contributed by atoms with van der Waals surface area (Å²) in [4.78, 5) is 30.3. The number of H-pyrrole nitrogens is 1. The lowest BCUT2D eigenvalue weighted by Gasteiger charge is -2.37. The van der Waals surface area contributed by atoms with E-state index in [9.17, 15) is 13.2 Å². The summed E-state index contributed by atoms with van der Waals surface area (Å²) < 4.78 is 39.0. The summed E-state index contributed by atoms with van der Waals surface area (Å²) in [5, 5.41) is 0.945. The van der Waals surface area contributed by atoms with Crippen molar-refractivity contribution in [3.8, 4) is 11.3 Å². The number of carbonyl (C=O) groups is 1. The Balaban J connectivity index is 1.43. The molecule has 1 aliphatic heterocycles. The molecule has 0 bridgehead atoms. The largest absolute Gasteiger partial charge is 0.360 e. The summed E-state index contributed by atoms with van der Waals surface area (Å²) in [7, 11) is -1.59. The summed E-state index contributed by atoms with van der Waals surface area (Å²) in [6, 6.07) is 10.2. The Kier molecular flexibility index (Phi) is 8.35. The topological polar surface area (TPSA) is 99.3 Å². The quantitative estimate of drug-likeness (QED) is 0.318. The number of sulfone groups is 1. The molecule has 0 aliphatic carbocycles. The molecule has 10 heteroatoms. The van der Waals surface area contributed by atoms with Crippen molar-refractivity contribution in [2.24, 2.45) is 0 Å². The molecule has 0 amide bonds. The monoisotopic (exact) mass is 577 g/mol. The summed E-state index contributed by atoms with van der Waals surface area (Å²) in [6.07, 6.45) is 5.75. The van der Waals surface area contributed by atoms with Gasteiger partial charge in [-0.15, -0.1) is 0 Å². The van der Waals surface area contributed by atoms with Gasteiger partial charge in [-0.25, -0.2) is 22.8 Å². The smallest absolute Gasteiger partial charge is 0.178 e. The minimum atomic E-state index is -3.70. The van der Waals surface area contributed by atoms with Crippen LogP contribution < -0.4 is 0 Å². The van der Waals surface area contributed by atoms with Gasteiger partial charge in [-0.1, -0.05) is 37.3 Å². The van der Waals surface area contributed by atoms with E-state index in [0.717, 1.165) is 66.4 Å². The van der Waals surface area contributed by atoms with Crippen molar-refractivity contribution >= 4 is 26.5 Å². The van der Waals surface area contributed by atoms with Crippen LogP contribution in [0.4, 0.5) is 4.39 Å². The summed E-state index contributed by atoms with van der Waals surface area (Å²) in [6.45, 7) is 7.72. The predicted octanol–water partition coefficient (Wildman–Crippen LogP) is 4.20. The Morgan fingerprint density at radius 2 is 1.80 bits per heavy atom. The average molecular weight is 578 g/mol. The molecule has 2 aromatic heterocycles. The van der Waals surface area contributed by atoms with Crippen LogP contribution in [0.15, 0.2) is 53.7 Å². The first-order valence-corrected chi connectivity index (χ1v) is 15.8. The number of rotatable bonds is 9. The maximum atomic E-state index is 15.0. The van der Waals surface area contributed by atoms with Crippen LogP contribution in [0.5, 0.6) is 0 Å². The van der Waals surface area contributed by atoms with Gasteiger partial charge in [-0.3, -0.25) is 9.69 Å². The Morgan fingerprint density at radius 3 is 2.51 bits per heavy atom. The number of aromatic nitrogens is 3. The molecule has 2 aromatic carbocycles. The van der Waals surface area contributed by atoms with Crippen LogP contribution in [-0.4, -0.2) is 84.5 Å². The van der Waals surface area contributed by atoms with Crippen molar-refractivity contribution in [1.29, 1.82) is 0 Å². The Labute approximate surface area is 240 Å². The molecule has 1 fully saturated rings. The molecule has 0 spiro atoms. The fourth-order valence-corrected chi connectivity index (χ4v) is 6.46. The molecule has 41 heavy (non-hydrogen) atoms. The molecular weight excluding hydrogens is 541 g/mol. The second kappa shape index (κ2) is 11.8. The number of nitrogens with one attached hydrogen (secondary N) is 1. The first-order valence-electron chi connectivity index (χ1n) is 13.9. The van der Waals surface area contributed by atoms with Crippen molar-refractivity contribution in [1.82, 2.24) is 24.8 Å². The van der Waals surface area contributed by atoms with E-state index in [4.69, 9.17) is 4.98 Å². The van der Waals surface area contributed by atoms with Gasteiger partial charge in [0.1, 0.15) is 16.5 Å². The van der Waals surface area contributed by atoms with Crippen LogP contribution in [-0.2, 0) is 27.5 Å². The summed E-state index contributed by atoms with van der Waals surface area (Å²) in [5.74, 6) is -0.169. The highest BCUT2D eigenvalue weighted by Gasteiger charge is 2.27. The molecule has 1 saturated heterocycles. The number of likely N-dealkylation sites (N-methyl/N-ethyl adjacent to an activating group) is 1. The molecule has 1 N–H and O–H groups in total. The molecule has 0 radical (unpaired) electrons. The van der Waals surface area contributed by atoms with Gasteiger partial charge < -0.3 is 9.88 Å². The molecule has 1 atom stereocenters. The zero-order chi connectivity index (χ0) is 29.3. The molecule has 0 unspecified atom stereocenters. The molecule has 216 valence electrons. The van der Waals surface area contributed by atoms with Gasteiger partial charge in [0, 0.05) is 74.1 Å². The van der Waals surface area contributed by atoms with Crippen LogP contribution in [0.1, 0.15) is 35.9 Å². The van der Waals surface area contributed by atoms with E-state index >= 15 is 4.39 Å². The first kappa shape index (κ1) is 29.0. The second-order valence-electron chi connectivity index (χ2n) is 10.9. The maximum Gasteiger partial charge on any atom is 0.178 e. The number of piperazine rings is 1. The van der Waals surface area contributed by atoms with Crippen LogP contribution in [0.2, 0.25) is 0 Å². The fraction of sp³-hybridized carbons (Fsp3) is 0.387. The van der Waals surface area contributed by atoms with E-state index in [-0.39, 0.29) is 28.7 Å². The van der Waals surface area contributed by atoms with Gasteiger partial charge in [0.15, 0.2) is 15.6 Å². The van der Waals surface area contributed by atoms with E-state index in [0.29, 0.717) is 17.9 Å². The number of fused-ring (bicyclic) bond motifs is 1. The Morgan fingerprint density at radius 1 is 1.10 bits per heavy atom. The minimum absolute atomic E-state index is 0.0509. The molecule has 5 rings (SSSR count). The van der Waals surface area contributed by atoms with Gasteiger partial charge >= 0.3 is 0 Å². The zero-order valence-corrected chi connectivity index (χ0v) is 24.8. The van der Waals surface area contributed by atoms with Crippen LogP contribution in [0.3, 0.4) is 0 Å². The van der Waals surface area contributed by atoms with E-state index in [2.05, 4.69) is 33.7 Å². The lowest BCUT2D eigenvalue weighted by Crippen LogP contribution is -2.51. The number of halogens is 1. The molecule has 4 aromatic rings. The standard InChI is InChI=1S/C31H36FN5O3S/c1-5-25(37-14-12-36(3)13-15-37)26(38)16-22-9-6-10-23-24(19-34-31(22)23)30-20(2)18-33-28(35-30)17-21-8-7-11-27(29(21)32)41(4,39)40/h6-11,18-19,25,34H,5,12-17H2,1-4H3/t25-/m1/s1. The molecule has 8 nitrogen and oxygen atoms in total. The van der Waals surface area contributed by atoms with Crippen molar-refractivity contribution in [2.75, 3.05) is 39.5 Å². The number of benzene rings is 2. The normalized spacial score (nSPS) is 15.8. The third-order valence-corrected chi connectivity index (χ3v) is 9.09. The predicted molar refractivity (Wildman–Crippen MR) is 158 cm³/mol. The highest BCUT2D eigenvalue weighted by Crippen LogP contribution is 2.32. The number of nitrogens with zero attached hydrogens (tertiary/aromatic N) is 4. The van der Waals surface area contributed by atoms with Gasteiger partial charge in [0.05, 0.1) is 11.7 Å². The fourth-order valence-electron chi connectivity index (χ4n) is 5.67. The number of hydrogen-bond donors (Lipinski definition) is 1. The van der Waals surface area contributed by atoms with Gasteiger partial charge in [-0.05, 0) is 43.1 Å². The van der Waals surface area contributed by atoms with Crippen LogP contribution in [0, 0.1) is 12.7 Å². The van der Waals surface area contributed by atoms with E-state index in [1.54, 1.807) is 12.3 Å². The number of carbonyl (C=O) groups excluding carboxylic acids is 1. The minimum Gasteiger partial charge on any atom is -0.360 e. The summed E-state index contributed by atoms with van der Waals surface area (Å²) in [5.41, 5.74) is 4.48. The number of hydrogen-bond acceptors (Lipinski definition) is 7. The number of aromatic amines is 1. The lowest BCUT2D eigenvalue weighted by atomic mass is 9.97. The molecule has 3 heterocycles. The zero-order valence-electron chi connectivity index (χ0n) is 23.9. The van der Waals surface area contributed by atoms with E-state index < -0.39 is 15.7 Å². The lowest BCUT2D eigenvalue weighted by molar-refractivity contribution is -0.124. The number of ketones is 1. The van der Waals surface area contributed by atoms with Crippen molar-refractivity contribution in [3.05, 3.63) is 77.1 Å². The van der Waals surface area contributed by atoms with Crippen molar-refractivity contribution < 1.29 is 17.6 Å². The maximum absolute atomic E-state index is 15.0. The average Bonchev–Trinajstić information content (AvgIpc) is 3.37. The van der Waals surface area contributed by atoms with Gasteiger partial charge in [-0.2, -0.15) is 0 Å². The molecular formula is C31H36FN5O3S. The Hall–Kier alpha value is -3.47. The molecule has 0 saturated carbocycles. The highest BCUT2D eigenvalue weighted by molar-refractivity contribution is 7.90. The molecule has 1 aliphatic rings. The Bertz CT molecular complexity index is 1690. The number of aryl methyl sites for hydroxylation is 1. The van der Waals surface area contributed by atoms with Crippen LogP contribution in [0.25, 0.3) is 22.2 Å². The van der Waals surface area contributed by atoms with Gasteiger partial charge in [0.25, 0.3) is 0 Å². The van der Waals surface area contributed by atoms with Crippen molar-refractivity contribution in [3.63, 3.8) is 0 Å². The third kappa shape index (κ3) is 6.10. The third-order valence-electron chi connectivity index (χ3n) is 7.97. The van der Waals surface area contributed by atoms with Crippen LogP contribution >= 0.6 is 0 Å². The van der Waals surface area contributed by atoms with E-state index in [1.807, 2.05) is 31.3 Å².